The summed E-state index contributed by atoms with van der Waals surface area (Å²) in [6.07, 6.45) is 2.62. The van der Waals surface area contributed by atoms with Gasteiger partial charge in [-0.3, -0.25) is 0 Å². The molecular weight excluding hydrogens is 254 g/mol. The molecule has 2 nitrogen and oxygen atoms in total. The van der Waals surface area contributed by atoms with Gasteiger partial charge in [0, 0.05) is 23.2 Å². The van der Waals surface area contributed by atoms with E-state index in [0.29, 0.717) is 18.1 Å². The molecule has 19 heavy (non-hydrogen) atoms. The molecular formula is C16H25NOS. The number of ether oxygens (including phenoxy) is 1. The third kappa shape index (κ3) is 4.15. The lowest BCUT2D eigenvalue weighted by atomic mass is 9.95. The van der Waals surface area contributed by atoms with Gasteiger partial charge in [0.25, 0.3) is 0 Å². The fourth-order valence-electron chi connectivity index (χ4n) is 2.51. The van der Waals surface area contributed by atoms with Crippen LogP contribution >= 0.6 is 11.8 Å². The van der Waals surface area contributed by atoms with E-state index in [4.69, 9.17) is 4.74 Å². The van der Waals surface area contributed by atoms with Crippen LogP contribution in [0.25, 0.3) is 0 Å². The van der Waals surface area contributed by atoms with Crippen LogP contribution in [-0.4, -0.2) is 24.5 Å². The summed E-state index contributed by atoms with van der Waals surface area (Å²) in [4.78, 5) is 1.36. The van der Waals surface area contributed by atoms with Crippen LogP contribution in [0.3, 0.4) is 0 Å². The SMILES string of the molecule is CCSc1ccccc1NC1CCOC(C(C)C)C1. The van der Waals surface area contributed by atoms with Crippen LogP contribution in [0.2, 0.25) is 0 Å². The molecule has 0 radical (unpaired) electrons. The Morgan fingerprint density at radius 2 is 2.16 bits per heavy atom. The van der Waals surface area contributed by atoms with E-state index in [1.165, 1.54) is 10.6 Å². The molecule has 3 heteroatoms. The Morgan fingerprint density at radius 1 is 1.37 bits per heavy atom. The molecule has 1 fully saturated rings. The molecule has 1 aromatic rings. The van der Waals surface area contributed by atoms with E-state index < -0.39 is 0 Å². The molecule has 0 aliphatic carbocycles. The first kappa shape index (κ1) is 14.7. The highest BCUT2D eigenvalue weighted by atomic mass is 32.2. The van der Waals surface area contributed by atoms with Crippen molar-refractivity contribution in [2.75, 3.05) is 17.7 Å². The highest BCUT2D eigenvalue weighted by Gasteiger charge is 2.25. The molecule has 1 heterocycles. The highest BCUT2D eigenvalue weighted by molar-refractivity contribution is 7.99. The van der Waals surface area contributed by atoms with Crippen molar-refractivity contribution < 1.29 is 4.74 Å². The number of para-hydroxylation sites is 1. The molecule has 106 valence electrons. The second kappa shape index (κ2) is 7.20. The van der Waals surface area contributed by atoms with Crippen molar-refractivity contribution in [1.82, 2.24) is 0 Å². The zero-order valence-electron chi connectivity index (χ0n) is 12.2. The summed E-state index contributed by atoms with van der Waals surface area (Å²) in [7, 11) is 0. The summed E-state index contributed by atoms with van der Waals surface area (Å²) in [5, 5.41) is 3.72. The normalized spacial score (nSPS) is 23.6. The Kier molecular flexibility index (Phi) is 5.59. The average molecular weight is 279 g/mol. The summed E-state index contributed by atoms with van der Waals surface area (Å²) in [5.41, 5.74) is 1.28. The molecule has 0 spiro atoms. The molecule has 0 amide bonds. The van der Waals surface area contributed by atoms with E-state index in [2.05, 4.69) is 50.4 Å². The van der Waals surface area contributed by atoms with Crippen LogP contribution in [0.5, 0.6) is 0 Å². The monoisotopic (exact) mass is 279 g/mol. The maximum atomic E-state index is 5.84. The molecule has 2 rings (SSSR count). The molecule has 2 atom stereocenters. The number of thioether (sulfide) groups is 1. The van der Waals surface area contributed by atoms with Gasteiger partial charge in [-0.05, 0) is 36.6 Å². The van der Waals surface area contributed by atoms with E-state index in [1.807, 2.05) is 11.8 Å². The van der Waals surface area contributed by atoms with E-state index >= 15 is 0 Å². The third-order valence-corrected chi connectivity index (χ3v) is 4.56. The predicted molar refractivity (Wildman–Crippen MR) is 84.1 cm³/mol. The quantitative estimate of drug-likeness (QED) is 0.806. The first-order valence-corrected chi connectivity index (χ1v) is 8.29. The molecule has 1 aliphatic rings. The summed E-state index contributed by atoms with van der Waals surface area (Å²) in [5.74, 6) is 1.71. The summed E-state index contributed by atoms with van der Waals surface area (Å²) in [6, 6.07) is 9.17. The Hall–Kier alpha value is -0.670. The van der Waals surface area contributed by atoms with Crippen molar-refractivity contribution in [2.45, 2.75) is 50.7 Å². The lowest BCUT2D eigenvalue weighted by molar-refractivity contribution is -0.0161. The summed E-state index contributed by atoms with van der Waals surface area (Å²) >= 11 is 1.90. The number of rotatable bonds is 5. The Labute approximate surface area is 121 Å². The number of benzene rings is 1. The largest absolute Gasteiger partial charge is 0.381 e. The van der Waals surface area contributed by atoms with Crippen molar-refractivity contribution >= 4 is 17.4 Å². The minimum absolute atomic E-state index is 0.400. The Balaban J connectivity index is 2.00. The fraction of sp³-hybridized carbons (Fsp3) is 0.625. The minimum atomic E-state index is 0.400. The van der Waals surface area contributed by atoms with Crippen LogP contribution in [0.1, 0.15) is 33.6 Å². The lowest BCUT2D eigenvalue weighted by Crippen LogP contribution is -2.36. The van der Waals surface area contributed by atoms with Gasteiger partial charge in [0.05, 0.1) is 6.10 Å². The van der Waals surface area contributed by atoms with E-state index in [0.717, 1.165) is 25.2 Å². The van der Waals surface area contributed by atoms with Crippen LogP contribution in [-0.2, 0) is 4.74 Å². The fourth-order valence-corrected chi connectivity index (χ4v) is 3.28. The maximum Gasteiger partial charge on any atom is 0.0617 e. The molecule has 2 unspecified atom stereocenters. The van der Waals surface area contributed by atoms with Gasteiger partial charge >= 0.3 is 0 Å². The van der Waals surface area contributed by atoms with Crippen molar-refractivity contribution in [3.63, 3.8) is 0 Å². The average Bonchev–Trinajstić information content (AvgIpc) is 2.41. The van der Waals surface area contributed by atoms with Gasteiger partial charge in [-0.1, -0.05) is 32.9 Å². The zero-order valence-corrected chi connectivity index (χ0v) is 13.0. The van der Waals surface area contributed by atoms with Crippen molar-refractivity contribution in [2.24, 2.45) is 5.92 Å². The smallest absolute Gasteiger partial charge is 0.0617 e. The van der Waals surface area contributed by atoms with Gasteiger partial charge < -0.3 is 10.1 Å². The number of hydrogen-bond acceptors (Lipinski definition) is 3. The zero-order chi connectivity index (χ0) is 13.7. The van der Waals surface area contributed by atoms with E-state index in [1.54, 1.807) is 0 Å². The second-order valence-corrected chi connectivity index (χ2v) is 6.75. The van der Waals surface area contributed by atoms with Crippen LogP contribution in [0.15, 0.2) is 29.2 Å². The number of anilines is 1. The molecule has 1 aliphatic heterocycles. The van der Waals surface area contributed by atoms with Crippen molar-refractivity contribution in [1.29, 1.82) is 0 Å². The Bertz CT molecular complexity index is 394. The Morgan fingerprint density at radius 3 is 2.89 bits per heavy atom. The maximum absolute atomic E-state index is 5.84. The summed E-state index contributed by atoms with van der Waals surface area (Å²) in [6.45, 7) is 7.57. The van der Waals surface area contributed by atoms with Crippen LogP contribution in [0, 0.1) is 5.92 Å². The number of nitrogens with one attached hydrogen (secondary N) is 1. The summed E-state index contributed by atoms with van der Waals surface area (Å²) < 4.78 is 5.84. The van der Waals surface area contributed by atoms with Gasteiger partial charge in [-0.2, -0.15) is 0 Å². The van der Waals surface area contributed by atoms with Gasteiger partial charge in [0.1, 0.15) is 0 Å². The molecule has 0 saturated carbocycles. The van der Waals surface area contributed by atoms with Crippen LogP contribution < -0.4 is 5.32 Å². The first-order valence-electron chi connectivity index (χ1n) is 7.30. The molecule has 0 aromatic heterocycles. The number of hydrogen-bond donors (Lipinski definition) is 1. The first-order chi connectivity index (χ1) is 9.20. The molecule has 1 N–H and O–H groups in total. The van der Waals surface area contributed by atoms with E-state index in [9.17, 15) is 0 Å². The molecule has 1 aromatic carbocycles. The molecule has 0 bridgehead atoms. The second-order valence-electron chi connectivity index (χ2n) is 5.45. The van der Waals surface area contributed by atoms with Crippen LogP contribution in [0.4, 0.5) is 5.69 Å². The third-order valence-electron chi connectivity index (χ3n) is 3.61. The molecule has 1 saturated heterocycles. The highest BCUT2D eigenvalue weighted by Crippen LogP contribution is 2.29. The van der Waals surface area contributed by atoms with Gasteiger partial charge in [-0.25, -0.2) is 0 Å². The minimum Gasteiger partial charge on any atom is -0.381 e. The standard InChI is InChI=1S/C16H25NOS/c1-4-19-16-8-6-5-7-14(16)17-13-9-10-18-15(11-13)12(2)3/h5-8,12-13,15,17H,4,9-11H2,1-3H3. The topological polar surface area (TPSA) is 21.3 Å². The lowest BCUT2D eigenvalue weighted by Gasteiger charge is -2.33. The van der Waals surface area contributed by atoms with E-state index in [-0.39, 0.29) is 0 Å². The van der Waals surface area contributed by atoms with Gasteiger partial charge in [0.2, 0.25) is 0 Å². The predicted octanol–water partition coefficient (Wildman–Crippen LogP) is 4.41. The van der Waals surface area contributed by atoms with Crippen molar-refractivity contribution in [3.05, 3.63) is 24.3 Å². The van der Waals surface area contributed by atoms with Gasteiger partial charge in [-0.15, -0.1) is 11.8 Å². The van der Waals surface area contributed by atoms with Crippen molar-refractivity contribution in [3.8, 4) is 0 Å². The van der Waals surface area contributed by atoms with Gasteiger partial charge in [0.15, 0.2) is 0 Å².